The van der Waals surface area contributed by atoms with Crippen molar-refractivity contribution in [1.29, 1.82) is 0 Å². The van der Waals surface area contributed by atoms with E-state index in [2.05, 4.69) is 36.1 Å². The van der Waals surface area contributed by atoms with Crippen molar-refractivity contribution < 1.29 is 0 Å². The maximum absolute atomic E-state index is 5.64. The average molecular weight is 214 g/mol. The summed E-state index contributed by atoms with van der Waals surface area (Å²) in [4.78, 5) is 8.10. The summed E-state index contributed by atoms with van der Waals surface area (Å²) in [5, 5.41) is 3.73. The largest absolute Gasteiger partial charge is 0.364 e. The Kier molecular flexibility index (Phi) is 3.69. The Morgan fingerprint density at radius 2 is 2.07 bits per heavy atom. The van der Waals surface area contributed by atoms with Crippen molar-refractivity contribution in [3.8, 4) is 0 Å². The van der Waals surface area contributed by atoms with Gasteiger partial charge < -0.3 is 5.32 Å². The summed E-state index contributed by atoms with van der Waals surface area (Å²) in [6.45, 7) is 6.45. The zero-order chi connectivity index (χ0) is 10.6. The van der Waals surface area contributed by atoms with E-state index in [0.29, 0.717) is 5.15 Å². The van der Waals surface area contributed by atoms with Crippen LogP contribution in [-0.4, -0.2) is 15.5 Å². The standard InChI is InChI=1S/C10H16ClN3/c1-4-5-10(2,3)14-9-7-12-8(11)6-13-9/h6-7H,4-5H2,1-3H3,(H,13,14). The highest BCUT2D eigenvalue weighted by atomic mass is 35.5. The van der Waals surface area contributed by atoms with Crippen LogP contribution < -0.4 is 5.32 Å². The Morgan fingerprint density at radius 3 is 2.57 bits per heavy atom. The van der Waals surface area contributed by atoms with E-state index in [0.717, 1.165) is 18.7 Å². The first kappa shape index (κ1) is 11.2. The lowest BCUT2D eigenvalue weighted by Gasteiger charge is -2.26. The molecule has 1 aromatic heterocycles. The molecule has 0 aromatic carbocycles. The van der Waals surface area contributed by atoms with Crippen LogP contribution >= 0.6 is 11.6 Å². The highest BCUT2D eigenvalue weighted by molar-refractivity contribution is 6.29. The molecule has 0 unspecified atom stereocenters. The minimum Gasteiger partial charge on any atom is -0.364 e. The molecule has 1 N–H and O–H groups in total. The Labute approximate surface area is 89.9 Å². The molecule has 0 atom stereocenters. The predicted molar refractivity (Wildman–Crippen MR) is 59.7 cm³/mol. The first-order valence-corrected chi connectivity index (χ1v) is 5.17. The van der Waals surface area contributed by atoms with Gasteiger partial charge in [0.05, 0.1) is 12.4 Å². The molecule has 14 heavy (non-hydrogen) atoms. The van der Waals surface area contributed by atoms with Crippen LogP contribution in [0.4, 0.5) is 5.82 Å². The van der Waals surface area contributed by atoms with Crippen molar-refractivity contribution >= 4 is 17.4 Å². The molecule has 0 aliphatic carbocycles. The Hall–Kier alpha value is -0.830. The van der Waals surface area contributed by atoms with Crippen LogP contribution in [0.5, 0.6) is 0 Å². The molecule has 0 aliphatic heterocycles. The fraction of sp³-hybridized carbons (Fsp3) is 0.600. The molecule has 1 heterocycles. The second-order valence-electron chi connectivity index (χ2n) is 3.98. The highest BCUT2D eigenvalue weighted by Crippen LogP contribution is 2.17. The van der Waals surface area contributed by atoms with E-state index in [9.17, 15) is 0 Å². The van der Waals surface area contributed by atoms with Crippen LogP contribution in [0.2, 0.25) is 5.15 Å². The van der Waals surface area contributed by atoms with Gasteiger partial charge in [0, 0.05) is 5.54 Å². The van der Waals surface area contributed by atoms with Gasteiger partial charge in [0.25, 0.3) is 0 Å². The molecule has 0 saturated heterocycles. The van der Waals surface area contributed by atoms with Crippen molar-refractivity contribution in [1.82, 2.24) is 9.97 Å². The van der Waals surface area contributed by atoms with Crippen molar-refractivity contribution in [3.05, 3.63) is 17.5 Å². The van der Waals surface area contributed by atoms with Crippen LogP contribution in [0, 0.1) is 0 Å². The number of halogens is 1. The van der Waals surface area contributed by atoms with Gasteiger partial charge in [-0.25, -0.2) is 9.97 Å². The number of rotatable bonds is 4. The lowest BCUT2D eigenvalue weighted by Crippen LogP contribution is -2.30. The van der Waals surface area contributed by atoms with Gasteiger partial charge in [-0.05, 0) is 20.3 Å². The monoisotopic (exact) mass is 213 g/mol. The number of nitrogens with zero attached hydrogens (tertiary/aromatic N) is 2. The van der Waals surface area contributed by atoms with Crippen LogP contribution in [0.1, 0.15) is 33.6 Å². The maximum Gasteiger partial charge on any atom is 0.147 e. The third kappa shape index (κ3) is 3.50. The molecule has 3 nitrogen and oxygen atoms in total. The van der Waals surface area contributed by atoms with E-state index in [4.69, 9.17) is 11.6 Å². The fourth-order valence-corrected chi connectivity index (χ4v) is 1.51. The Morgan fingerprint density at radius 1 is 1.36 bits per heavy atom. The van der Waals surface area contributed by atoms with Crippen LogP contribution in [0.3, 0.4) is 0 Å². The van der Waals surface area contributed by atoms with Gasteiger partial charge in [0.2, 0.25) is 0 Å². The lowest BCUT2D eigenvalue weighted by molar-refractivity contribution is 0.509. The third-order valence-corrected chi connectivity index (χ3v) is 2.16. The molecule has 0 radical (unpaired) electrons. The minimum atomic E-state index is 0.0528. The van der Waals surface area contributed by atoms with E-state index in [1.165, 1.54) is 0 Å². The first-order valence-electron chi connectivity index (χ1n) is 4.79. The molecule has 0 spiro atoms. The number of nitrogens with one attached hydrogen (secondary N) is 1. The molecule has 0 saturated carbocycles. The number of hydrogen-bond donors (Lipinski definition) is 1. The molecular formula is C10H16ClN3. The zero-order valence-corrected chi connectivity index (χ0v) is 9.60. The summed E-state index contributed by atoms with van der Waals surface area (Å²) in [6, 6.07) is 0. The zero-order valence-electron chi connectivity index (χ0n) is 8.84. The molecule has 78 valence electrons. The normalized spacial score (nSPS) is 11.4. The summed E-state index contributed by atoms with van der Waals surface area (Å²) in [7, 11) is 0. The Balaban J connectivity index is 2.64. The summed E-state index contributed by atoms with van der Waals surface area (Å²) in [6.07, 6.45) is 5.43. The number of hydrogen-bond acceptors (Lipinski definition) is 3. The number of anilines is 1. The molecule has 0 bridgehead atoms. The van der Waals surface area contributed by atoms with E-state index >= 15 is 0 Å². The number of aromatic nitrogens is 2. The van der Waals surface area contributed by atoms with Gasteiger partial charge >= 0.3 is 0 Å². The summed E-state index contributed by atoms with van der Waals surface area (Å²) < 4.78 is 0. The third-order valence-electron chi connectivity index (χ3n) is 1.96. The van der Waals surface area contributed by atoms with Crippen molar-refractivity contribution in [2.75, 3.05) is 5.32 Å². The van der Waals surface area contributed by atoms with Crippen LogP contribution in [0.15, 0.2) is 12.4 Å². The van der Waals surface area contributed by atoms with Gasteiger partial charge in [-0.15, -0.1) is 0 Å². The lowest BCUT2D eigenvalue weighted by atomic mass is 9.99. The van der Waals surface area contributed by atoms with Crippen LogP contribution in [0.25, 0.3) is 0 Å². The van der Waals surface area contributed by atoms with Gasteiger partial charge in [-0.1, -0.05) is 24.9 Å². The summed E-state index contributed by atoms with van der Waals surface area (Å²) in [5.74, 6) is 0.771. The highest BCUT2D eigenvalue weighted by Gasteiger charge is 2.16. The first-order chi connectivity index (χ1) is 6.53. The average Bonchev–Trinajstić information content (AvgIpc) is 2.08. The van der Waals surface area contributed by atoms with Crippen molar-refractivity contribution in [2.24, 2.45) is 0 Å². The van der Waals surface area contributed by atoms with Gasteiger partial charge in [0.15, 0.2) is 0 Å². The van der Waals surface area contributed by atoms with E-state index in [1.54, 1.807) is 12.4 Å². The molecule has 1 aromatic rings. The smallest absolute Gasteiger partial charge is 0.147 e. The molecular weight excluding hydrogens is 198 g/mol. The van der Waals surface area contributed by atoms with E-state index in [1.807, 2.05) is 0 Å². The second-order valence-corrected chi connectivity index (χ2v) is 4.37. The van der Waals surface area contributed by atoms with Gasteiger partial charge in [-0.2, -0.15) is 0 Å². The summed E-state index contributed by atoms with van der Waals surface area (Å²) in [5.41, 5.74) is 0.0528. The predicted octanol–water partition coefficient (Wildman–Crippen LogP) is 3.12. The second kappa shape index (κ2) is 4.60. The van der Waals surface area contributed by atoms with Crippen molar-refractivity contribution in [3.63, 3.8) is 0 Å². The SMILES string of the molecule is CCCC(C)(C)Nc1cnc(Cl)cn1. The molecule has 0 fully saturated rings. The van der Waals surface area contributed by atoms with Gasteiger partial charge in [0.1, 0.15) is 11.0 Å². The summed E-state index contributed by atoms with van der Waals surface area (Å²) >= 11 is 5.64. The molecule has 4 heteroatoms. The molecule has 0 amide bonds. The maximum atomic E-state index is 5.64. The van der Waals surface area contributed by atoms with Gasteiger partial charge in [-0.3, -0.25) is 0 Å². The topological polar surface area (TPSA) is 37.8 Å². The van der Waals surface area contributed by atoms with E-state index < -0.39 is 0 Å². The Bertz CT molecular complexity index is 282. The van der Waals surface area contributed by atoms with Crippen molar-refractivity contribution in [2.45, 2.75) is 39.2 Å². The molecule has 0 aliphatic rings. The quantitative estimate of drug-likeness (QED) is 0.835. The van der Waals surface area contributed by atoms with Crippen LogP contribution in [-0.2, 0) is 0 Å². The molecule has 1 rings (SSSR count). The fourth-order valence-electron chi connectivity index (χ4n) is 1.41. The van der Waals surface area contributed by atoms with E-state index in [-0.39, 0.29) is 5.54 Å². The minimum absolute atomic E-state index is 0.0528.